The van der Waals surface area contributed by atoms with Gasteiger partial charge in [-0.3, -0.25) is 0 Å². The van der Waals surface area contributed by atoms with Crippen molar-refractivity contribution in [2.24, 2.45) is 5.73 Å². The zero-order valence-corrected chi connectivity index (χ0v) is 12.0. The van der Waals surface area contributed by atoms with E-state index in [9.17, 15) is 0 Å². The molecule has 0 bridgehead atoms. The summed E-state index contributed by atoms with van der Waals surface area (Å²) >= 11 is 0. The summed E-state index contributed by atoms with van der Waals surface area (Å²) in [5, 5.41) is 0. The zero-order chi connectivity index (χ0) is 13.5. The van der Waals surface area contributed by atoms with Gasteiger partial charge in [-0.2, -0.15) is 0 Å². The second-order valence-electron chi connectivity index (χ2n) is 6.16. The maximum Gasteiger partial charge on any atom is 0.137 e. The first-order valence-corrected chi connectivity index (χ1v) is 6.53. The maximum absolute atomic E-state index is 5.86. The van der Waals surface area contributed by atoms with Gasteiger partial charge in [0.2, 0.25) is 0 Å². The second-order valence-corrected chi connectivity index (χ2v) is 6.16. The summed E-state index contributed by atoms with van der Waals surface area (Å²) in [4.78, 5) is 4.82. The molecule has 0 aromatic carbocycles. The molecule has 1 unspecified atom stereocenters. The van der Waals surface area contributed by atoms with Crippen molar-refractivity contribution in [1.82, 2.24) is 9.38 Å². The van der Waals surface area contributed by atoms with Crippen molar-refractivity contribution in [3.05, 3.63) is 35.3 Å². The third-order valence-electron chi connectivity index (χ3n) is 3.35. The Bertz CT molecular complexity index is 561. The Morgan fingerprint density at radius 1 is 1.39 bits per heavy atom. The molecule has 0 aliphatic heterocycles. The zero-order valence-electron chi connectivity index (χ0n) is 12.0. The van der Waals surface area contributed by atoms with E-state index in [0.29, 0.717) is 12.5 Å². The van der Waals surface area contributed by atoms with E-state index in [0.717, 1.165) is 11.3 Å². The van der Waals surface area contributed by atoms with Crippen LogP contribution in [0.4, 0.5) is 0 Å². The van der Waals surface area contributed by atoms with Gasteiger partial charge in [-0.05, 0) is 24.6 Å². The molecule has 3 nitrogen and oxygen atoms in total. The van der Waals surface area contributed by atoms with Gasteiger partial charge in [0, 0.05) is 24.1 Å². The number of imidazole rings is 1. The Hall–Kier alpha value is -1.35. The fraction of sp³-hybridized carbons (Fsp3) is 0.533. The minimum atomic E-state index is 0.0404. The number of pyridine rings is 1. The number of fused-ring (bicyclic) bond motifs is 1. The molecule has 98 valence electrons. The quantitative estimate of drug-likeness (QED) is 0.884. The van der Waals surface area contributed by atoms with Crippen LogP contribution in [-0.4, -0.2) is 15.9 Å². The molecule has 0 spiro atoms. The van der Waals surface area contributed by atoms with E-state index in [1.807, 2.05) is 0 Å². The van der Waals surface area contributed by atoms with Crippen molar-refractivity contribution >= 4 is 5.65 Å². The number of aromatic nitrogens is 2. The van der Waals surface area contributed by atoms with Gasteiger partial charge in [0.25, 0.3) is 0 Å². The van der Waals surface area contributed by atoms with Crippen LogP contribution >= 0.6 is 0 Å². The second kappa shape index (κ2) is 4.39. The summed E-state index contributed by atoms with van der Waals surface area (Å²) in [6.45, 7) is 11.5. The van der Waals surface area contributed by atoms with Crippen LogP contribution in [0.5, 0.6) is 0 Å². The van der Waals surface area contributed by atoms with Crippen LogP contribution in [0.1, 0.15) is 50.6 Å². The van der Waals surface area contributed by atoms with E-state index in [4.69, 9.17) is 10.7 Å². The molecule has 0 radical (unpaired) electrons. The predicted octanol–water partition coefficient (Wildman–Crippen LogP) is 3.00. The molecule has 0 saturated heterocycles. The lowest BCUT2D eigenvalue weighted by Crippen LogP contribution is -2.19. The minimum Gasteiger partial charge on any atom is -0.330 e. The van der Waals surface area contributed by atoms with Gasteiger partial charge in [0.15, 0.2) is 0 Å². The fourth-order valence-electron chi connectivity index (χ4n) is 2.30. The highest BCUT2D eigenvalue weighted by Gasteiger charge is 2.26. The Morgan fingerprint density at radius 3 is 2.61 bits per heavy atom. The molecule has 3 heteroatoms. The van der Waals surface area contributed by atoms with Gasteiger partial charge in [0.05, 0.1) is 11.4 Å². The standard InChI is InChI=1S/C15H23N3/c1-10-6-7-18-12(8-10)17-14(15(3,4)5)13(18)11(2)9-16/h6-8,11H,9,16H2,1-5H3. The highest BCUT2D eigenvalue weighted by molar-refractivity contribution is 5.48. The first kappa shape index (κ1) is 13.1. The van der Waals surface area contributed by atoms with Crippen molar-refractivity contribution in [1.29, 1.82) is 0 Å². The van der Waals surface area contributed by atoms with Crippen LogP contribution in [0.15, 0.2) is 18.3 Å². The van der Waals surface area contributed by atoms with Crippen molar-refractivity contribution in [2.45, 2.75) is 46.0 Å². The Kier molecular flexibility index (Phi) is 3.20. The third-order valence-corrected chi connectivity index (χ3v) is 3.35. The van der Waals surface area contributed by atoms with Crippen LogP contribution in [0.25, 0.3) is 5.65 Å². The van der Waals surface area contributed by atoms with Gasteiger partial charge in [-0.15, -0.1) is 0 Å². The molecule has 2 rings (SSSR count). The van der Waals surface area contributed by atoms with E-state index in [1.54, 1.807) is 0 Å². The molecule has 0 amide bonds. The first-order chi connectivity index (χ1) is 8.34. The third kappa shape index (κ3) is 2.15. The largest absolute Gasteiger partial charge is 0.330 e. The summed E-state index contributed by atoms with van der Waals surface area (Å²) in [7, 11) is 0. The average Bonchev–Trinajstić information content (AvgIpc) is 2.66. The van der Waals surface area contributed by atoms with Gasteiger partial charge >= 0.3 is 0 Å². The van der Waals surface area contributed by atoms with Crippen molar-refractivity contribution in [2.75, 3.05) is 6.54 Å². The van der Waals surface area contributed by atoms with E-state index in [-0.39, 0.29) is 5.41 Å². The van der Waals surface area contributed by atoms with E-state index in [1.165, 1.54) is 11.3 Å². The summed E-state index contributed by atoms with van der Waals surface area (Å²) in [5.74, 6) is 0.317. The van der Waals surface area contributed by atoms with Gasteiger partial charge in [-0.1, -0.05) is 27.7 Å². The Balaban J connectivity index is 2.76. The van der Waals surface area contributed by atoms with Crippen LogP contribution < -0.4 is 5.73 Å². The molecule has 0 aliphatic rings. The van der Waals surface area contributed by atoms with E-state index in [2.05, 4.69) is 57.3 Å². The summed E-state index contributed by atoms with van der Waals surface area (Å²) < 4.78 is 2.19. The van der Waals surface area contributed by atoms with Gasteiger partial charge in [0.1, 0.15) is 5.65 Å². The minimum absolute atomic E-state index is 0.0404. The number of hydrogen-bond acceptors (Lipinski definition) is 2. The van der Waals surface area contributed by atoms with Crippen molar-refractivity contribution in [3.63, 3.8) is 0 Å². The number of aryl methyl sites for hydroxylation is 1. The Morgan fingerprint density at radius 2 is 2.06 bits per heavy atom. The highest BCUT2D eigenvalue weighted by atomic mass is 15.0. The van der Waals surface area contributed by atoms with E-state index >= 15 is 0 Å². The van der Waals surface area contributed by atoms with Gasteiger partial charge < -0.3 is 10.1 Å². The molecule has 0 saturated carbocycles. The van der Waals surface area contributed by atoms with Crippen LogP contribution in [0.3, 0.4) is 0 Å². The predicted molar refractivity (Wildman–Crippen MR) is 76.1 cm³/mol. The molecule has 2 N–H and O–H groups in total. The van der Waals surface area contributed by atoms with Gasteiger partial charge in [-0.25, -0.2) is 4.98 Å². The molecule has 2 aromatic rings. The fourth-order valence-corrected chi connectivity index (χ4v) is 2.30. The lowest BCUT2D eigenvalue weighted by Gasteiger charge is -2.20. The number of nitrogens with two attached hydrogens (primary N) is 1. The summed E-state index contributed by atoms with van der Waals surface area (Å²) in [6.07, 6.45) is 2.11. The van der Waals surface area contributed by atoms with E-state index < -0.39 is 0 Å². The number of hydrogen-bond donors (Lipinski definition) is 1. The van der Waals surface area contributed by atoms with Crippen LogP contribution in [0.2, 0.25) is 0 Å². The van der Waals surface area contributed by atoms with Crippen molar-refractivity contribution < 1.29 is 0 Å². The molecular weight excluding hydrogens is 222 g/mol. The van der Waals surface area contributed by atoms with Crippen LogP contribution in [-0.2, 0) is 5.41 Å². The molecule has 0 fully saturated rings. The summed E-state index contributed by atoms with van der Waals surface area (Å²) in [5.41, 5.74) is 10.6. The summed E-state index contributed by atoms with van der Waals surface area (Å²) in [6, 6.07) is 4.25. The van der Waals surface area contributed by atoms with Crippen molar-refractivity contribution in [3.8, 4) is 0 Å². The maximum atomic E-state index is 5.86. The number of nitrogens with zero attached hydrogens (tertiary/aromatic N) is 2. The topological polar surface area (TPSA) is 43.3 Å². The lowest BCUT2D eigenvalue weighted by atomic mass is 9.87. The molecule has 18 heavy (non-hydrogen) atoms. The normalized spacial score (nSPS) is 14.1. The Labute approximate surface area is 109 Å². The molecule has 2 heterocycles. The average molecular weight is 245 g/mol. The monoisotopic (exact) mass is 245 g/mol. The molecule has 2 aromatic heterocycles. The molecule has 1 atom stereocenters. The lowest BCUT2D eigenvalue weighted by molar-refractivity contribution is 0.554. The smallest absolute Gasteiger partial charge is 0.137 e. The van der Waals surface area contributed by atoms with Crippen LogP contribution in [0, 0.1) is 6.92 Å². The number of rotatable bonds is 2. The first-order valence-electron chi connectivity index (χ1n) is 6.53. The molecular formula is C15H23N3. The SMILES string of the molecule is Cc1ccn2c(C(C)CN)c(C(C)(C)C)nc2c1. The molecule has 0 aliphatic carbocycles. The highest BCUT2D eigenvalue weighted by Crippen LogP contribution is 2.30.